The van der Waals surface area contributed by atoms with E-state index in [-0.39, 0.29) is 11.3 Å². The molecule has 0 radical (unpaired) electrons. The summed E-state index contributed by atoms with van der Waals surface area (Å²) in [6.07, 6.45) is 0. The van der Waals surface area contributed by atoms with Crippen molar-refractivity contribution >= 4 is 31.3 Å². The smallest absolute Gasteiger partial charge is 0.322 e. The molecule has 0 aliphatic carbocycles. The fourth-order valence-electron chi connectivity index (χ4n) is 1.97. The molecule has 1 amide bonds. The lowest BCUT2D eigenvalue weighted by atomic mass is 10.2. The van der Waals surface area contributed by atoms with Gasteiger partial charge in [-0.15, -0.1) is 0 Å². The van der Waals surface area contributed by atoms with Crippen molar-refractivity contribution in [2.75, 3.05) is 5.32 Å². The zero-order valence-corrected chi connectivity index (χ0v) is 15.4. The zero-order chi connectivity index (χ0) is 22.3. The van der Waals surface area contributed by atoms with Gasteiger partial charge in [0.2, 0.25) is 0 Å². The standard InChI is InChI=1S/C15H9F6NO5S2/c16-14(17,18)28(24,25)11-5-1-9(2-6-11)13(23)22-10-3-7-12(8-4-10)29(26,27)15(19,20)21/h1-8H,(H,22,23). The van der Waals surface area contributed by atoms with Gasteiger partial charge in [-0.2, -0.15) is 26.3 Å². The van der Waals surface area contributed by atoms with Gasteiger partial charge in [0, 0.05) is 11.3 Å². The maximum absolute atomic E-state index is 12.5. The highest BCUT2D eigenvalue weighted by Crippen LogP contribution is 2.31. The Balaban J connectivity index is 2.19. The summed E-state index contributed by atoms with van der Waals surface area (Å²) in [5, 5.41) is 2.18. The minimum Gasteiger partial charge on any atom is -0.322 e. The molecule has 0 aromatic heterocycles. The number of nitrogens with one attached hydrogen (secondary N) is 1. The highest BCUT2D eigenvalue weighted by molar-refractivity contribution is 7.92. The van der Waals surface area contributed by atoms with E-state index in [0.717, 1.165) is 24.3 Å². The Kier molecular flexibility index (Phi) is 5.73. The molecule has 0 unspecified atom stereocenters. The molecule has 0 spiro atoms. The Bertz CT molecular complexity index is 1120. The minimum atomic E-state index is -5.59. The first-order valence-electron chi connectivity index (χ1n) is 7.21. The molecule has 0 fully saturated rings. The highest BCUT2D eigenvalue weighted by Gasteiger charge is 2.47. The summed E-state index contributed by atoms with van der Waals surface area (Å²) < 4.78 is 120. The number of rotatable bonds is 4. The molecule has 14 heteroatoms. The van der Waals surface area contributed by atoms with Crippen molar-refractivity contribution in [1.29, 1.82) is 0 Å². The van der Waals surface area contributed by atoms with Gasteiger partial charge in [-0.1, -0.05) is 0 Å². The molecule has 0 atom stereocenters. The fourth-order valence-corrected chi connectivity index (χ4v) is 3.50. The Hall–Kier alpha value is -2.61. The summed E-state index contributed by atoms with van der Waals surface area (Å²) in [5.41, 5.74) is -11.4. The first kappa shape index (κ1) is 22.7. The molecular formula is C15H9F6NO5S2. The van der Waals surface area contributed by atoms with Crippen LogP contribution in [0.3, 0.4) is 0 Å². The summed E-state index contributed by atoms with van der Waals surface area (Å²) in [5.74, 6) is -0.924. The van der Waals surface area contributed by atoms with Crippen molar-refractivity contribution < 1.29 is 48.0 Å². The number of carbonyl (C=O) groups excluding carboxylic acids is 1. The van der Waals surface area contributed by atoms with Crippen molar-refractivity contribution in [1.82, 2.24) is 0 Å². The van der Waals surface area contributed by atoms with Crippen LogP contribution in [-0.4, -0.2) is 33.8 Å². The van der Waals surface area contributed by atoms with Gasteiger partial charge in [0.15, 0.2) is 0 Å². The number of anilines is 1. The van der Waals surface area contributed by atoms with Crippen molar-refractivity contribution in [3.05, 3.63) is 54.1 Å². The van der Waals surface area contributed by atoms with Crippen LogP contribution >= 0.6 is 0 Å². The maximum Gasteiger partial charge on any atom is 0.501 e. The number of benzene rings is 2. The van der Waals surface area contributed by atoms with Gasteiger partial charge < -0.3 is 5.32 Å². The average Bonchev–Trinajstić information content (AvgIpc) is 2.60. The number of hydrogen-bond donors (Lipinski definition) is 1. The number of amides is 1. The van der Waals surface area contributed by atoms with Gasteiger partial charge in [-0.25, -0.2) is 16.8 Å². The molecule has 0 saturated carbocycles. The summed E-state index contributed by atoms with van der Waals surface area (Å²) in [6, 6.07) is 5.70. The molecule has 0 aliphatic rings. The van der Waals surface area contributed by atoms with Crippen LogP contribution in [0, 0.1) is 0 Å². The predicted octanol–water partition coefficient (Wildman–Crippen LogP) is 3.53. The Morgan fingerprint density at radius 1 is 0.655 bits per heavy atom. The van der Waals surface area contributed by atoms with Crippen molar-refractivity contribution in [2.24, 2.45) is 0 Å². The van der Waals surface area contributed by atoms with E-state index >= 15 is 0 Å². The molecule has 2 rings (SSSR count). The molecule has 29 heavy (non-hydrogen) atoms. The number of hydrogen-bond acceptors (Lipinski definition) is 5. The first-order valence-corrected chi connectivity index (χ1v) is 10.2. The van der Waals surface area contributed by atoms with Gasteiger partial charge in [-0.3, -0.25) is 4.79 Å². The first-order chi connectivity index (χ1) is 13.1. The maximum atomic E-state index is 12.5. The van der Waals surface area contributed by atoms with E-state index in [4.69, 9.17) is 0 Å². The molecule has 6 nitrogen and oxygen atoms in total. The van der Waals surface area contributed by atoms with Crippen LogP contribution in [0.1, 0.15) is 10.4 Å². The topological polar surface area (TPSA) is 97.4 Å². The zero-order valence-electron chi connectivity index (χ0n) is 13.7. The van der Waals surface area contributed by atoms with E-state index in [1.807, 2.05) is 0 Å². The van der Waals surface area contributed by atoms with Gasteiger partial charge in [0.1, 0.15) is 0 Å². The second kappa shape index (κ2) is 7.33. The molecule has 0 saturated heterocycles. The van der Waals surface area contributed by atoms with Crippen LogP contribution in [0.15, 0.2) is 58.3 Å². The summed E-state index contributed by atoms with van der Waals surface area (Å²) in [4.78, 5) is 9.90. The normalized spacial score (nSPS) is 13.2. The van der Waals surface area contributed by atoms with Crippen LogP contribution in [0.5, 0.6) is 0 Å². The fraction of sp³-hybridized carbons (Fsp3) is 0.133. The van der Waals surface area contributed by atoms with E-state index in [0.29, 0.717) is 24.3 Å². The van der Waals surface area contributed by atoms with E-state index in [1.165, 1.54) is 0 Å². The lowest BCUT2D eigenvalue weighted by Crippen LogP contribution is -2.23. The minimum absolute atomic E-state index is 0.108. The molecule has 158 valence electrons. The van der Waals surface area contributed by atoms with Crippen LogP contribution < -0.4 is 5.32 Å². The van der Waals surface area contributed by atoms with Crippen LogP contribution in [0.4, 0.5) is 32.0 Å². The van der Waals surface area contributed by atoms with Crippen molar-refractivity contribution in [3.8, 4) is 0 Å². The summed E-state index contributed by atoms with van der Waals surface area (Å²) >= 11 is 0. The van der Waals surface area contributed by atoms with Gasteiger partial charge in [-0.05, 0) is 48.5 Å². The number of carbonyl (C=O) groups is 1. The molecule has 0 heterocycles. The highest BCUT2D eigenvalue weighted by atomic mass is 32.2. The van der Waals surface area contributed by atoms with E-state index < -0.39 is 46.4 Å². The second-order valence-electron chi connectivity index (χ2n) is 5.40. The summed E-state index contributed by atoms with van der Waals surface area (Å²) in [7, 11) is -11.2. The third-order valence-electron chi connectivity index (χ3n) is 3.46. The van der Waals surface area contributed by atoms with Crippen LogP contribution in [-0.2, 0) is 19.7 Å². The lowest BCUT2D eigenvalue weighted by Gasteiger charge is -2.10. The Morgan fingerprint density at radius 2 is 1.00 bits per heavy atom. The van der Waals surface area contributed by atoms with Crippen LogP contribution in [0.2, 0.25) is 0 Å². The van der Waals surface area contributed by atoms with Gasteiger partial charge in [0.05, 0.1) is 9.79 Å². The summed E-state index contributed by atoms with van der Waals surface area (Å²) in [6.45, 7) is 0. The molecule has 1 N–H and O–H groups in total. The number of halogens is 6. The number of sulfone groups is 2. The Morgan fingerprint density at radius 3 is 1.34 bits per heavy atom. The van der Waals surface area contributed by atoms with Crippen molar-refractivity contribution in [2.45, 2.75) is 20.8 Å². The van der Waals surface area contributed by atoms with E-state index in [1.54, 1.807) is 0 Å². The quantitative estimate of drug-likeness (QED) is 0.703. The second-order valence-corrected chi connectivity index (χ2v) is 9.28. The number of alkyl halides is 6. The third kappa shape index (κ3) is 4.53. The molecule has 0 aliphatic heterocycles. The van der Waals surface area contributed by atoms with E-state index in [2.05, 4.69) is 5.32 Å². The molecular weight excluding hydrogens is 452 g/mol. The van der Waals surface area contributed by atoms with Crippen LogP contribution in [0.25, 0.3) is 0 Å². The third-order valence-corrected chi connectivity index (χ3v) is 6.46. The van der Waals surface area contributed by atoms with E-state index in [9.17, 15) is 48.0 Å². The monoisotopic (exact) mass is 461 g/mol. The average molecular weight is 461 g/mol. The van der Waals surface area contributed by atoms with Gasteiger partial charge in [0.25, 0.3) is 25.6 Å². The Labute approximate surface area is 160 Å². The largest absolute Gasteiger partial charge is 0.501 e. The predicted molar refractivity (Wildman–Crippen MR) is 87.3 cm³/mol. The molecule has 2 aromatic rings. The van der Waals surface area contributed by atoms with Gasteiger partial charge >= 0.3 is 11.0 Å². The van der Waals surface area contributed by atoms with Crippen molar-refractivity contribution in [3.63, 3.8) is 0 Å². The molecule has 2 aromatic carbocycles. The molecule has 0 bridgehead atoms. The SMILES string of the molecule is O=C(Nc1ccc(S(=O)(=O)C(F)(F)F)cc1)c1ccc(S(=O)(=O)C(F)(F)F)cc1. The lowest BCUT2D eigenvalue weighted by molar-refractivity contribution is -0.0442.